The molecule has 1 rings (SSSR count). The topological polar surface area (TPSA) is 0 Å². The molecule has 0 N–H and O–H groups in total. The first-order valence-electron chi connectivity index (χ1n) is 2.00. The fourth-order valence-corrected chi connectivity index (χ4v) is 0.250. The summed E-state index contributed by atoms with van der Waals surface area (Å²) in [6.45, 7) is 0. The van der Waals surface area contributed by atoms with Crippen LogP contribution in [0.15, 0.2) is 0 Å². The SMILES string of the molecule is Br.C1CCC1.P. The summed E-state index contributed by atoms with van der Waals surface area (Å²) in [6.07, 6.45) is 6.00. The van der Waals surface area contributed by atoms with Gasteiger partial charge in [-0.1, -0.05) is 25.7 Å². The van der Waals surface area contributed by atoms with Crippen molar-refractivity contribution >= 4 is 26.9 Å². The van der Waals surface area contributed by atoms with Gasteiger partial charge in [0, 0.05) is 0 Å². The molecule has 0 saturated heterocycles. The molecule has 0 radical (unpaired) electrons. The van der Waals surface area contributed by atoms with Crippen LogP contribution in [0.1, 0.15) is 25.7 Å². The summed E-state index contributed by atoms with van der Waals surface area (Å²) in [4.78, 5) is 0. The number of hydrogen-bond donors (Lipinski definition) is 0. The molecule has 0 aliphatic heterocycles. The maximum atomic E-state index is 1.50. The molecule has 1 saturated carbocycles. The van der Waals surface area contributed by atoms with Gasteiger partial charge in [0.2, 0.25) is 0 Å². The van der Waals surface area contributed by atoms with Crippen molar-refractivity contribution in [3.63, 3.8) is 0 Å². The van der Waals surface area contributed by atoms with Gasteiger partial charge in [-0.25, -0.2) is 0 Å². The summed E-state index contributed by atoms with van der Waals surface area (Å²) >= 11 is 0. The highest BCUT2D eigenvalue weighted by atomic mass is 79.9. The van der Waals surface area contributed by atoms with Crippen LogP contribution in [0.25, 0.3) is 0 Å². The Morgan fingerprint density at radius 2 is 0.833 bits per heavy atom. The molecule has 2 heteroatoms. The lowest BCUT2D eigenvalue weighted by Gasteiger charge is -2.05. The van der Waals surface area contributed by atoms with Crippen LogP contribution in [0.4, 0.5) is 0 Å². The van der Waals surface area contributed by atoms with E-state index in [-0.39, 0.29) is 26.9 Å². The van der Waals surface area contributed by atoms with Crippen LogP contribution >= 0.6 is 26.9 Å². The molecule has 1 atom stereocenters. The van der Waals surface area contributed by atoms with Crippen molar-refractivity contribution in [2.45, 2.75) is 25.7 Å². The van der Waals surface area contributed by atoms with Crippen LogP contribution in [-0.4, -0.2) is 0 Å². The van der Waals surface area contributed by atoms with Crippen LogP contribution in [0.2, 0.25) is 0 Å². The van der Waals surface area contributed by atoms with Gasteiger partial charge in [-0.05, 0) is 0 Å². The Kier molecular flexibility index (Phi) is 9.86. The van der Waals surface area contributed by atoms with Crippen molar-refractivity contribution in [1.82, 2.24) is 0 Å². The first-order valence-corrected chi connectivity index (χ1v) is 2.00. The van der Waals surface area contributed by atoms with Gasteiger partial charge in [-0.2, -0.15) is 9.90 Å². The summed E-state index contributed by atoms with van der Waals surface area (Å²) in [5.74, 6) is 0. The third-order valence-corrected chi connectivity index (χ3v) is 1.000. The van der Waals surface area contributed by atoms with Gasteiger partial charge in [0.15, 0.2) is 0 Å². The molecular weight excluding hydrogens is 159 g/mol. The highest BCUT2D eigenvalue weighted by Gasteiger charge is 1.95. The second kappa shape index (κ2) is 5.91. The molecule has 1 fully saturated rings. The van der Waals surface area contributed by atoms with E-state index in [4.69, 9.17) is 0 Å². The minimum Gasteiger partial charge on any atom is -0.153 e. The van der Waals surface area contributed by atoms with Gasteiger partial charge in [-0.15, -0.1) is 17.0 Å². The normalized spacial score (nSPS) is 16.0. The molecule has 0 nitrogen and oxygen atoms in total. The molecular formula is C4H12BrP. The molecule has 0 amide bonds. The van der Waals surface area contributed by atoms with Gasteiger partial charge in [0.25, 0.3) is 0 Å². The van der Waals surface area contributed by atoms with Crippen molar-refractivity contribution in [3.05, 3.63) is 0 Å². The van der Waals surface area contributed by atoms with Crippen molar-refractivity contribution in [2.75, 3.05) is 0 Å². The van der Waals surface area contributed by atoms with E-state index in [9.17, 15) is 0 Å². The molecule has 0 bridgehead atoms. The maximum absolute atomic E-state index is 1.50. The minimum atomic E-state index is 0. The Labute approximate surface area is 53.1 Å². The van der Waals surface area contributed by atoms with E-state index in [1.165, 1.54) is 25.7 Å². The third kappa shape index (κ3) is 3.11. The van der Waals surface area contributed by atoms with Crippen molar-refractivity contribution in [3.8, 4) is 0 Å². The maximum Gasteiger partial charge on any atom is -0.0533 e. The van der Waals surface area contributed by atoms with Gasteiger partial charge in [0.1, 0.15) is 0 Å². The largest absolute Gasteiger partial charge is 0.153 e. The number of rotatable bonds is 0. The molecule has 0 aromatic carbocycles. The summed E-state index contributed by atoms with van der Waals surface area (Å²) in [5.41, 5.74) is 0. The molecule has 0 aromatic heterocycles. The molecule has 6 heavy (non-hydrogen) atoms. The highest BCUT2D eigenvalue weighted by Crippen LogP contribution is 2.15. The lowest BCUT2D eigenvalue weighted by atomic mass is 10.0. The Morgan fingerprint density at radius 3 is 0.833 bits per heavy atom. The van der Waals surface area contributed by atoms with E-state index in [1.54, 1.807) is 0 Å². The van der Waals surface area contributed by atoms with E-state index in [2.05, 4.69) is 0 Å². The zero-order valence-electron chi connectivity index (χ0n) is 3.94. The lowest BCUT2D eigenvalue weighted by Crippen LogP contribution is -1.85. The van der Waals surface area contributed by atoms with Crippen LogP contribution < -0.4 is 0 Å². The first-order chi connectivity index (χ1) is 2.00. The van der Waals surface area contributed by atoms with Gasteiger partial charge >= 0.3 is 0 Å². The highest BCUT2D eigenvalue weighted by molar-refractivity contribution is 8.93. The fraction of sp³-hybridized carbons (Fsp3) is 1.00. The Morgan fingerprint density at radius 1 is 0.667 bits per heavy atom. The predicted octanol–water partition coefficient (Wildman–Crippen LogP) is 2.20. The standard InChI is InChI=1S/C4H8.BrH.H3P/c1-2-4-3-1;;/h1-4H2;1H;1H3. The predicted molar refractivity (Wildman–Crippen MR) is 39.9 cm³/mol. The Bertz CT molecular complexity index is 15.5. The molecule has 0 heterocycles. The van der Waals surface area contributed by atoms with E-state index >= 15 is 0 Å². The summed E-state index contributed by atoms with van der Waals surface area (Å²) in [6, 6.07) is 0. The number of hydrogen-bond acceptors (Lipinski definition) is 0. The average Bonchev–Trinajstić information content (AvgIpc) is 0.722. The van der Waals surface area contributed by atoms with Crippen LogP contribution in [-0.2, 0) is 0 Å². The number of halogens is 1. The van der Waals surface area contributed by atoms with Gasteiger partial charge in [0.05, 0.1) is 0 Å². The minimum absolute atomic E-state index is 0. The molecule has 1 unspecified atom stereocenters. The van der Waals surface area contributed by atoms with E-state index in [1.807, 2.05) is 0 Å². The average molecular weight is 171 g/mol. The van der Waals surface area contributed by atoms with E-state index in [0.717, 1.165) is 0 Å². The summed E-state index contributed by atoms with van der Waals surface area (Å²) in [5, 5.41) is 0. The van der Waals surface area contributed by atoms with Crippen LogP contribution in [0.3, 0.4) is 0 Å². The summed E-state index contributed by atoms with van der Waals surface area (Å²) in [7, 11) is 0. The van der Waals surface area contributed by atoms with E-state index < -0.39 is 0 Å². The van der Waals surface area contributed by atoms with E-state index in [0.29, 0.717) is 0 Å². The molecule has 0 aromatic rings. The smallest absolute Gasteiger partial charge is 0.0533 e. The van der Waals surface area contributed by atoms with Crippen LogP contribution in [0.5, 0.6) is 0 Å². The second-order valence-electron chi connectivity index (χ2n) is 1.41. The zero-order valence-corrected chi connectivity index (χ0v) is 7.07. The second-order valence-corrected chi connectivity index (χ2v) is 1.41. The lowest BCUT2D eigenvalue weighted by molar-refractivity contribution is 0.504. The van der Waals surface area contributed by atoms with Gasteiger partial charge in [-0.3, -0.25) is 0 Å². The molecule has 1 aliphatic rings. The van der Waals surface area contributed by atoms with Crippen LogP contribution in [0, 0.1) is 0 Å². The Balaban J connectivity index is 0. The zero-order chi connectivity index (χ0) is 2.83. The van der Waals surface area contributed by atoms with Crippen molar-refractivity contribution < 1.29 is 0 Å². The fourth-order valence-electron chi connectivity index (χ4n) is 0.250. The molecule has 0 spiro atoms. The molecule has 40 valence electrons. The summed E-state index contributed by atoms with van der Waals surface area (Å²) < 4.78 is 0. The monoisotopic (exact) mass is 170 g/mol. The van der Waals surface area contributed by atoms with Gasteiger partial charge < -0.3 is 0 Å². The van der Waals surface area contributed by atoms with Crippen molar-refractivity contribution in [1.29, 1.82) is 0 Å². The van der Waals surface area contributed by atoms with Crippen molar-refractivity contribution in [2.24, 2.45) is 0 Å². The molecule has 1 aliphatic carbocycles. The third-order valence-electron chi connectivity index (χ3n) is 1.000. The Hall–Kier alpha value is 0.910. The quantitative estimate of drug-likeness (QED) is 0.490. The first kappa shape index (κ1) is 10.0.